The highest BCUT2D eigenvalue weighted by molar-refractivity contribution is 6.17. The molecule has 92 valence electrons. The third-order valence-electron chi connectivity index (χ3n) is 3.13. The number of aromatic nitrogens is 2. The minimum Gasteiger partial charge on any atom is -0.295 e. The van der Waals surface area contributed by atoms with Gasteiger partial charge in [0, 0.05) is 23.7 Å². The molecule has 1 unspecified atom stereocenters. The van der Waals surface area contributed by atoms with E-state index in [1.807, 2.05) is 0 Å². The van der Waals surface area contributed by atoms with Gasteiger partial charge in [0.15, 0.2) is 0 Å². The topological polar surface area (TPSA) is 64.3 Å². The van der Waals surface area contributed by atoms with Crippen LogP contribution in [0.1, 0.15) is 36.0 Å². The van der Waals surface area contributed by atoms with Crippen molar-refractivity contribution in [1.82, 2.24) is 9.55 Å². The molecule has 0 radical (unpaired) electrons. The summed E-state index contributed by atoms with van der Waals surface area (Å²) in [4.78, 5) is 27.3. The van der Waals surface area contributed by atoms with Crippen LogP contribution in [-0.4, -0.2) is 15.4 Å². The van der Waals surface area contributed by atoms with Crippen molar-refractivity contribution in [2.45, 2.75) is 38.8 Å². The molecule has 0 spiro atoms. The van der Waals surface area contributed by atoms with Gasteiger partial charge in [-0.25, -0.2) is 4.98 Å². The van der Waals surface area contributed by atoms with Gasteiger partial charge in [-0.05, 0) is 26.2 Å². The van der Waals surface area contributed by atoms with Gasteiger partial charge in [0.1, 0.15) is 11.9 Å². The maximum Gasteiger partial charge on any atom is 0.257 e. The van der Waals surface area contributed by atoms with Crippen molar-refractivity contribution < 1.29 is 0 Å². The van der Waals surface area contributed by atoms with E-state index in [9.17, 15) is 9.70 Å². The van der Waals surface area contributed by atoms with Crippen LogP contribution in [0, 0.1) is 11.8 Å². The van der Waals surface area contributed by atoms with Crippen molar-refractivity contribution in [3.63, 3.8) is 0 Å². The fourth-order valence-electron chi connectivity index (χ4n) is 2.25. The van der Waals surface area contributed by atoms with Crippen LogP contribution < -0.4 is 5.56 Å². The average molecular weight is 256 g/mol. The highest BCUT2D eigenvalue weighted by Crippen LogP contribution is 2.25. The Bertz CT molecular complexity index is 498. The number of hydrogen-bond donors (Lipinski definition) is 0. The van der Waals surface area contributed by atoms with E-state index in [-0.39, 0.29) is 5.56 Å². The van der Waals surface area contributed by atoms with E-state index < -0.39 is 6.04 Å². The molecule has 0 aliphatic carbocycles. The molecule has 0 N–H and O–H groups in total. The first-order valence-electron chi connectivity index (χ1n) is 5.67. The van der Waals surface area contributed by atoms with Crippen LogP contribution in [0.4, 0.5) is 0 Å². The van der Waals surface area contributed by atoms with E-state index in [0.29, 0.717) is 42.3 Å². The summed E-state index contributed by atoms with van der Waals surface area (Å²) in [5.41, 5.74) is 1.24. The van der Waals surface area contributed by atoms with E-state index in [1.54, 1.807) is 11.5 Å². The highest BCUT2D eigenvalue weighted by Gasteiger charge is 2.25. The van der Waals surface area contributed by atoms with Gasteiger partial charge in [-0.3, -0.25) is 9.36 Å². The Morgan fingerprint density at radius 3 is 3.00 bits per heavy atom. The summed E-state index contributed by atoms with van der Waals surface area (Å²) in [6.07, 6.45) is 1.97. The lowest BCUT2D eigenvalue weighted by Crippen LogP contribution is -2.33. The molecule has 1 aliphatic heterocycles. The zero-order valence-corrected chi connectivity index (χ0v) is 10.4. The number of alkyl halides is 1. The first kappa shape index (κ1) is 12.2. The quantitative estimate of drug-likeness (QED) is 0.612. The Morgan fingerprint density at radius 2 is 2.35 bits per heavy atom. The first-order chi connectivity index (χ1) is 8.19. The monoisotopic (exact) mass is 255 g/mol. The molecule has 1 aliphatic rings. The van der Waals surface area contributed by atoms with Crippen LogP contribution in [0.3, 0.4) is 0 Å². The highest BCUT2D eigenvalue weighted by atomic mass is 35.5. The molecule has 0 saturated heterocycles. The molecule has 1 aromatic rings. The van der Waals surface area contributed by atoms with Crippen LogP contribution in [0.2, 0.25) is 0 Å². The van der Waals surface area contributed by atoms with Gasteiger partial charge in [0.05, 0.1) is 0 Å². The molecule has 2 rings (SSSR count). The van der Waals surface area contributed by atoms with Crippen molar-refractivity contribution in [2.75, 3.05) is 5.88 Å². The largest absolute Gasteiger partial charge is 0.295 e. The Kier molecular flexibility index (Phi) is 3.57. The Labute approximate surface area is 104 Å². The molecule has 1 aromatic heterocycles. The van der Waals surface area contributed by atoms with Crippen molar-refractivity contribution in [3.8, 4) is 0 Å². The predicted molar refractivity (Wildman–Crippen MR) is 65.4 cm³/mol. The molecule has 0 saturated carbocycles. The molecule has 0 amide bonds. The molecular weight excluding hydrogens is 242 g/mol. The lowest BCUT2D eigenvalue weighted by molar-refractivity contribution is 0.427. The standard InChI is InChI=1S/C11H14ClN3O2/c1-7-8(4-5-12)11(16)15-6-2-3-9(14-17)10(15)13-7/h9H,2-6H2,1H3. The van der Waals surface area contributed by atoms with Gasteiger partial charge in [0.2, 0.25) is 0 Å². The number of fused-ring (bicyclic) bond motifs is 1. The average Bonchev–Trinajstić information content (AvgIpc) is 2.34. The number of aryl methyl sites for hydroxylation is 1. The Balaban J connectivity index is 2.59. The maximum atomic E-state index is 12.2. The minimum atomic E-state index is -0.486. The van der Waals surface area contributed by atoms with Crippen LogP contribution in [0.15, 0.2) is 9.97 Å². The predicted octanol–water partition coefficient (Wildman–Crippen LogP) is 1.93. The van der Waals surface area contributed by atoms with Crippen molar-refractivity contribution >= 4 is 11.6 Å². The summed E-state index contributed by atoms with van der Waals surface area (Å²) in [6, 6.07) is -0.486. The SMILES string of the molecule is Cc1nc2n(c(=O)c1CCCl)CCCC2N=O. The van der Waals surface area contributed by atoms with Crippen molar-refractivity contribution in [2.24, 2.45) is 5.18 Å². The molecule has 0 fully saturated rings. The normalized spacial score (nSPS) is 18.8. The zero-order valence-electron chi connectivity index (χ0n) is 9.65. The molecular formula is C11H14ClN3O2. The van der Waals surface area contributed by atoms with E-state index in [2.05, 4.69) is 10.2 Å². The van der Waals surface area contributed by atoms with E-state index in [4.69, 9.17) is 11.6 Å². The van der Waals surface area contributed by atoms with Gasteiger partial charge in [-0.2, -0.15) is 4.91 Å². The molecule has 17 heavy (non-hydrogen) atoms. The first-order valence-corrected chi connectivity index (χ1v) is 6.21. The van der Waals surface area contributed by atoms with Gasteiger partial charge < -0.3 is 0 Å². The zero-order chi connectivity index (χ0) is 12.4. The summed E-state index contributed by atoms with van der Waals surface area (Å²) in [7, 11) is 0. The van der Waals surface area contributed by atoms with Crippen LogP contribution in [0.5, 0.6) is 0 Å². The molecule has 6 heteroatoms. The van der Waals surface area contributed by atoms with E-state index >= 15 is 0 Å². The second kappa shape index (κ2) is 4.96. The number of halogens is 1. The number of hydrogen-bond acceptors (Lipinski definition) is 4. The lowest BCUT2D eigenvalue weighted by atomic mass is 10.1. The summed E-state index contributed by atoms with van der Waals surface area (Å²) < 4.78 is 1.57. The number of rotatable bonds is 3. The molecule has 5 nitrogen and oxygen atoms in total. The number of nitroso groups, excluding NO2 is 1. The smallest absolute Gasteiger partial charge is 0.257 e. The fraction of sp³-hybridized carbons (Fsp3) is 0.636. The third-order valence-corrected chi connectivity index (χ3v) is 3.32. The summed E-state index contributed by atoms with van der Waals surface area (Å²) >= 11 is 5.67. The summed E-state index contributed by atoms with van der Waals surface area (Å²) in [6.45, 7) is 2.39. The minimum absolute atomic E-state index is 0.0681. The van der Waals surface area contributed by atoms with Gasteiger partial charge >= 0.3 is 0 Å². The molecule has 1 atom stereocenters. The van der Waals surface area contributed by atoms with Crippen LogP contribution in [-0.2, 0) is 13.0 Å². The summed E-state index contributed by atoms with van der Waals surface area (Å²) in [5, 5.41) is 3.05. The van der Waals surface area contributed by atoms with Gasteiger partial charge in [0.25, 0.3) is 5.56 Å². The molecule has 0 bridgehead atoms. The Morgan fingerprint density at radius 1 is 1.59 bits per heavy atom. The van der Waals surface area contributed by atoms with E-state index in [0.717, 1.165) is 6.42 Å². The number of nitrogens with zero attached hydrogens (tertiary/aromatic N) is 3. The third kappa shape index (κ3) is 2.11. The van der Waals surface area contributed by atoms with E-state index in [1.165, 1.54) is 0 Å². The maximum absolute atomic E-state index is 12.2. The Hall–Kier alpha value is -1.23. The fourth-order valence-corrected chi connectivity index (χ4v) is 2.43. The lowest BCUT2D eigenvalue weighted by Gasteiger charge is -2.22. The molecule has 0 aromatic carbocycles. The second-order valence-corrected chi connectivity index (χ2v) is 4.57. The van der Waals surface area contributed by atoms with Crippen LogP contribution in [0.25, 0.3) is 0 Å². The van der Waals surface area contributed by atoms with Gasteiger partial charge in [-0.15, -0.1) is 11.6 Å². The summed E-state index contributed by atoms with van der Waals surface area (Å²) in [5.74, 6) is 0.902. The van der Waals surface area contributed by atoms with Crippen LogP contribution >= 0.6 is 11.6 Å². The molecule has 2 heterocycles. The van der Waals surface area contributed by atoms with Crippen molar-refractivity contribution in [1.29, 1.82) is 0 Å². The second-order valence-electron chi connectivity index (χ2n) is 4.19. The van der Waals surface area contributed by atoms with Crippen molar-refractivity contribution in [3.05, 3.63) is 32.3 Å². The van der Waals surface area contributed by atoms with Gasteiger partial charge in [-0.1, -0.05) is 5.18 Å².